The molecule has 2 heterocycles. The lowest BCUT2D eigenvalue weighted by molar-refractivity contribution is -0.116. The number of fused-ring (bicyclic) bond motifs is 1. The molecular weight excluding hydrogens is 442 g/mol. The van der Waals surface area contributed by atoms with E-state index in [2.05, 4.69) is 4.90 Å². The maximum atomic E-state index is 13.3. The van der Waals surface area contributed by atoms with Crippen LogP contribution in [0, 0.1) is 0 Å². The van der Waals surface area contributed by atoms with E-state index in [0.29, 0.717) is 18.9 Å². The first-order chi connectivity index (χ1) is 15.7. The molecule has 32 heavy (non-hydrogen) atoms. The number of rotatable bonds is 10. The molecule has 4 rings (SSSR count). The Morgan fingerprint density at radius 2 is 2.03 bits per heavy atom. The summed E-state index contributed by atoms with van der Waals surface area (Å²) >= 11 is 3.12. The van der Waals surface area contributed by atoms with E-state index in [1.165, 1.54) is 0 Å². The van der Waals surface area contributed by atoms with Crippen LogP contribution in [0.1, 0.15) is 13.3 Å². The van der Waals surface area contributed by atoms with E-state index in [4.69, 9.17) is 14.5 Å². The number of ether oxygens (including phenoxy) is 2. The SMILES string of the molecule is CCOc1ccc2nc(N(CCCN3CCOCC3)C(=O)CSc3ccccc3)sc2c1. The van der Waals surface area contributed by atoms with Gasteiger partial charge in [0.1, 0.15) is 5.75 Å². The first-order valence-corrected chi connectivity index (χ1v) is 12.8. The van der Waals surface area contributed by atoms with Gasteiger partial charge < -0.3 is 9.47 Å². The summed E-state index contributed by atoms with van der Waals surface area (Å²) in [6.07, 6.45) is 0.905. The normalized spacial score (nSPS) is 14.5. The summed E-state index contributed by atoms with van der Waals surface area (Å²) in [5.41, 5.74) is 0.898. The third kappa shape index (κ3) is 6.22. The Hall–Kier alpha value is -2.13. The molecule has 1 aromatic heterocycles. The summed E-state index contributed by atoms with van der Waals surface area (Å²) < 4.78 is 12.1. The molecule has 0 radical (unpaired) electrons. The zero-order chi connectivity index (χ0) is 22.2. The van der Waals surface area contributed by atoms with Crippen LogP contribution >= 0.6 is 23.1 Å². The molecule has 0 N–H and O–H groups in total. The van der Waals surface area contributed by atoms with E-state index < -0.39 is 0 Å². The summed E-state index contributed by atoms with van der Waals surface area (Å²) in [4.78, 5) is 23.4. The molecule has 2 aromatic carbocycles. The van der Waals surface area contributed by atoms with Gasteiger partial charge in [0.2, 0.25) is 5.91 Å². The molecule has 0 spiro atoms. The molecule has 6 nitrogen and oxygen atoms in total. The van der Waals surface area contributed by atoms with Gasteiger partial charge in [0.25, 0.3) is 0 Å². The number of thioether (sulfide) groups is 1. The van der Waals surface area contributed by atoms with Crippen molar-refractivity contribution in [2.45, 2.75) is 18.2 Å². The van der Waals surface area contributed by atoms with E-state index >= 15 is 0 Å². The second-order valence-electron chi connectivity index (χ2n) is 7.51. The maximum absolute atomic E-state index is 13.3. The molecule has 1 aliphatic heterocycles. The number of hydrogen-bond donors (Lipinski definition) is 0. The first kappa shape index (κ1) is 23.0. The number of hydrogen-bond acceptors (Lipinski definition) is 7. The molecule has 3 aromatic rings. The summed E-state index contributed by atoms with van der Waals surface area (Å²) in [5.74, 6) is 1.31. The quantitative estimate of drug-likeness (QED) is 0.405. The Morgan fingerprint density at radius 1 is 1.22 bits per heavy atom. The largest absolute Gasteiger partial charge is 0.494 e. The summed E-state index contributed by atoms with van der Waals surface area (Å²) in [5, 5.41) is 0.759. The number of thiazole rings is 1. The second kappa shape index (κ2) is 11.7. The highest BCUT2D eigenvalue weighted by Crippen LogP contribution is 2.32. The van der Waals surface area contributed by atoms with Crippen molar-refractivity contribution in [3.05, 3.63) is 48.5 Å². The fourth-order valence-electron chi connectivity index (χ4n) is 3.61. The van der Waals surface area contributed by atoms with Gasteiger partial charge in [-0.3, -0.25) is 14.6 Å². The Labute approximate surface area is 197 Å². The summed E-state index contributed by atoms with van der Waals surface area (Å²) in [6.45, 7) is 7.70. The van der Waals surface area contributed by atoms with Crippen LogP contribution in [0.2, 0.25) is 0 Å². The number of aromatic nitrogens is 1. The Kier molecular flexibility index (Phi) is 8.39. The number of carbonyl (C=O) groups is 1. The second-order valence-corrected chi connectivity index (χ2v) is 9.57. The number of benzene rings is 2. The van der Waals surface area contributed by atoms with E-state index in [1.54, 1.807) is 23.1 Å². The highest BCUT2D eigenvalue weighted by atomic mass is 32.2. The van der Waals surface area contributed by atoms with Crippen LogP contribution in [0.5, 0.6) is 5.75 Å². The van der Waals surface area contributed by atoms with E-state index in [-0.39, 0.29) is 5.91 Å². The summed E-state index contributed by atoms with van der Waals surface area (Å²) in [6, 6.07) is 16.0. The monoisotopic (exact) mass is 471 g/mol. The van der Waals surface area contributed by atoms with Crippen LogP contribution in [0.15, 0.2) is 53.4 Å². The van der Waals surface area contributed by atoms with Crippen molar-refractivity contribution in [1.29, 1.82) is 0 Å². The van der Waals surface area contributed by atoms with Crippen molar-refractivity contribution in [2.24, 2.45) is 0 Å². The van der Waals surface area contributed by atoms with Crippen LogP contribution in [0.4, 0.5) is 5.13 Å². The van der Waals surface area contributed by atoms with Gasteiger partial charge in [-0.15, -0.1) is 11.8 Å². The lowest BCUT2D eigenvalue weighted by Gasteiger charge is -2.27. The molecule has 1 saturated heterocycles. The van der Waals surface area contributed by atoms with Crippen LogP contribution in [0.3, 0.4) is 0 Å². The molecule has 1 amide bonds. The highest BCUT2D eigenvalue weighted by Gasteiger charge is 2.21. The topological polar surface area (TPSA) is 54.9 Å². The molecule has 170 valence electrons. The highest BCUT2D eigenvalue weighted by molar-refractivity contribution is 8.00. The lowest BCUT2D eigenvalue weighted by Crippen LogP contribution is -2.39. The van der Waals surface area contributed by atoms with Gasteiger partial charge in [-0.05, 0) is 43.7 Å². The van der Waals surface area contributed by atoms with Gasteiger partial charge in [-0.1, -0.05) is 29.5 Å². The smallest absolute Gasteiger partial charge is 0.239 e. The number of nitrogens with zero attached hydrogens (tertiary/aromatic N) is 3. The molecule has 0 aliphatic carbocycles. The van der Waals surface area contributed by atoms with Gasteiger partial charge in [0.05, 0.1) is 35.8 Å². The molecule has 0 saturated carbocycles. The molecule has 0 unspecified atom stereocenters. The maximum Gasteiger partial charge on any atom is 0.239 e. The van der Waals surface area contributed by atoms with Gasteiger partial charge in [0.15, 0.2) is 5.13 Å². The van der Waals surface area contributed by atoms with Gasteiger partial charge in [-0.25, -0.2) is 4.98 Å². The Balaban J connectivity index is 1.47. The minimum absolute atomic E-state index is 0.0879. The fraction of sp³-hybridized carbons (Fsp3) is 0.417. The van der Waals surface area contributed by atoms with Crippen LogP contribution in [0.25, 0.3) is 10.2 Å². The third-order valence-corrected chi connectivity index (χ3v) is 7.29. The molecule has 8 heteroatoms. The van der Waals surface area contributed by atoms with E-state index in [9.17, 15) is 4.79 Å². The van der Waals surface area contributed by atoms with Crippen LogP contribution < -0.4 is 9.64 Å². The van der Waals surface area contributed by atoms with Gasteiger partial charge in [0, 0.05) is 31.1 Å². The Bertz CT molecular complexity index is 1010. The van der Waals surface area contributed by atoms with Crippen molar-refractivity contribution in [2.75, 3.05) is 56.7 Å². The van der Waals surface area contributed by atoms with Crippen molar-refractivity contribution in [3.8, 4) is 5.75 Å². The standard InChI is InChI=1S/C24H29N3O3S2/c1-2-30-19-9-10-21-22(17-19)32-24(25-21)27(12-6-11-26-13-15-29-16-14-26)23(28)18-31-20-7-4-3-5-8-20/h3-5,7-10,17H,2,6,11-16,18H2,1H3. The fourth-order valence-corrected chi connectivity index (χ4v) is 5.44. The Morgan fingerprint density at radius 3 is 2.81 bits per heavy atom. The number of amides is 1. The van der Waals surface area contributed by atoms with Crippen molar-refractivity contribution in [1.82, 2.24) is 9.88 Å². The van der Waals surface area contributed by atoms with Crippen LogP contribution in [-0.2, 0) is 9.53 Å². The van der Waals surface area contributed by atoms with Gasteiger partial charge >= 0.3 is 0 Å². The minimum Gasteiger partial charge on any atom is -0.494 e. The number of morpholine rings is 1. The lowest BCUT2D eigenvalue weighted by atomic mass is 10.3. The molecule has 1 aliphatic rings. The molecule has 0 atom stereocenters. The number of anilines is 1. The minimum atomic E-state index is 0.0879. The van der Waals surface area contributed by atoms with Gasteiger partial charge in [-0.2, -0.15) is 0 Å². The summed E-state index contributed by atoms with van der Waals surface area (Å²) in [7, 11) is 0. The number of carbonyl (C=O) groups excluding carboxylic acids is 1. The predicted molar refractivity (Wildman–Crippen MR) is 132 cm³/mol. The van der Waals surface area contributed by atoms with Crippen molar-refractivity contribution in [3.63, 3.8) is 0 Å². The van der Waals surface area contributed by atoms with Crippen molar-refractivity contribution < 1.29 is 14.3 Å². The first-order valence-electron chi connectivity index (χ1n) is 11.0. The van der Waals surface area contributed by atoms with Crippen LogP contribution in [-0.4, -0.2) is 67.5 Å². The zero-order valence-corrected chi connectivity index (χ0v) is 20.0. The molecular formula is C24H29N3O3S2. The molecule has 0 bridgehead atoms. The van der Waals surface area contributed by atoms with Crippen molar-refractivity contribution >= 4 is 44.4 Å². The van der Waals surface area contributed by atoms with E-state index in [1.807, 2.05) is 60.4 Å². The average molecular weight is 472 g/mol. The van der Waals surface area contributed by atoms with E-state index in [0.717, 1.165) is 65.3 Å². The average Bonchev–Trinajstić information content (AvgIpc) is 3.25. The predicted octanol–water partition coefficient (Wildman–Crippen LogP) is 4.54. The zero-order valence-electron chi connectivity index (χ0n) is 18.4. The third-order valence-electron chi connectivity index (χ3n) is 5.26. The molecule has 1 fully saturated rings.